The molecule has 2 aliphatic heterocycles. The Bertz CT molecular complexity index is 805. The van der Waals surface area contributed by atoms with Crippen LogP contribution in [0.2, 0.25) is 0 Å². The Morgan fingerprint density at radius 1 is 1.52 bits per heavy atom. The second kappa shape index (κ2) is 6.00. The van der Waals surface area contributed by atoms with Gasteiger partial charge in [0.15, 0.2) is 5.58 Å². The van der Waals surface area contributed by atoms with Crippen LogP contribution in [0.15, 0.2) is 22.6 Å². The minimum Gasteiger partial charge on any atom is -0.465 e. The molecule has 7 heteroatoms. The molecule has 2 saturated heterocycles. The van der Waals surface area contributed by atoms with Crippen molar-refractivity contribution in [2.75, 3.05) is 19.5 Å². The summed E-state index contributed by atoms with van der Waals surface area (Å²) in [6, 6.07) is 6.34. The number of nitrogens with one attached hydrogen (secondary N) is 1. The molecule has 1 aromatic carbocycles. The van der Waals surface area contributed by atoms with Crippen LogP contribution >= 0.6 is 0 Å². The average molecular weight is 344 g/mol. The Kier molecular flexibility index (Phi) is 3.92. The van der Waals surface area contributed by atoms with Crippen LogP contribution in [0, 0.1) is 0 Å². The van der Waals surface area contributed by atoms with Gasteiger partial charge in [0.1, 0.15) is 5.52 Å². The van der Waals surface area contributed by atoms with Gasteiger partial charge in [-0.05, 0) is 51.3 Å². The Morgan fingerprint density at radius 2 is 2.36 bits per heavy atom. The summed E-state index contributed by atoms with van der Waals surface area (Å²) in [6.45, 7) is 0. The van der Waals surface area contributed by atoms with Gasteiger partial charge in [0.2, 0.25) is 0 Å². The third-order valence-corrected chi connectivity index (χ3v) is 5.69. The highest BCUT2D eigenvalue weighted by Crippen LogP contribution is 2.41. The lowest BCUT2D eigenvalue weighted by molar-refractivity contribution is -0.00870. The van der Waals surface area contributed by atoms with E-state index in [4.69, 9.17) is 14.9 Å². The van der Waals surface area contributed by atoms with Gasteiger partial charge in [0.25, 0.3) is 6.01 Å². The fourth-order valence-corrected chi connectivity index (χ4v) is 4.42. The van der Waals surface area contributed by atoms with Gasteiger partial charge in [0, 0.05) is 12.1 Å². The molecule has 2 aromatic rings. The molecule has 0 saturated carbocycles. The number of hydrogen-bond donors (Lipinski definition) is 2. The second-order valence-corrected chi connectivity index (χ2v) is 7.18. The predicted molar refractivity (Wildman–Crippen MR) is 94.3 cm³/mol. The highest BCUT2D eigenvalue weighted by atomic mass is 16.5. The van der Waals surface area contributed by atoms with Crippen molar-refractivity contribution in [1.29, 1.82) is 0 Å². The number of nitrogens with two attached hydrogens (primary N) is 1. The number of carbonyl (C=O) groups excluding carboxylic acids is 1. The number of ether oxygens (including phenoxy) is 1. The number of rotatable bonds is 3. The van der Waals surface area contributed by atoms with E-state index in [0.717, 1.165) is 25.7 Å². The van der Waals surface area contributed by atoms with Crippen molar-refractivity contribution >= 4 is 23.1 Å². The number of anilines is 1. The van der Waals surface area contributed by atoms with Crippen LogP contribution in [-0.2, 0) is 4.74 Å². The number of nitrogens with zero attached hydrogens (tertiary/aromatic N) is 2. The number of fused-ring (bicyclic) bond motifs is 3. The topological polar surface area (TPSA) is 93.6 Å². The zero-order valence-corrected chi connectivity index (χ0v) is 14.6. The summed E-state index contributed by atoms with van der Waals surface area (Å²) >= 11 is 0. The number of aromatic nitrogens is 1. The van der Waals surface area contributed by atoms with E-state index in [-0.39, 0.29) is 11.7 Å². The van der Waals surface area contributed by atoms with Crippen LogP contribution in [0.5, 0.6) is 0 Å². The predicted octanol–water partition coefficient (Wildman–Crippen LogP) is 2.33. The zero-order valence-electron chi connectivity index (χ0n) is 14.6. The van der Waals surface area contributed by atoms with E-state index in [1.807, 2.05) is 0 Å². The van der Waals surface area contributed by atoms with Gasteiger partial charge in [-0.15, -0.1) is 0 Å². The number of esters is 1. The first kappa shape index (κ1) is 16.4. The minimum absolute atomic E-state index is 0.170. The fraction of sp³-hybridized carbons (Fsp3) is 0.556. The van der Waals surface area contributed by atoms with Crippen LogP contribution in [0.1, 0.15) is 42.5 Å². The molecule has 0 radical (unpaired) electrons. The average Bonchev–Trinajstić information content (AvgIpc) is 2.98. The molecule has 3 atom stereocenters. The number of para-hydroxylation sites is 1. The third-order valence-electron chi connectivity index (χ3n) is 5.69. The third kappa shape index (κ3) is 2.67. The van der Waals surface area contributed by atoms with Crippen molar-refractivity contribution < 1.29 is 13.9 Å². The quantitative estimate of drug-likeness (QED) is 0.825. The van der Waals surface area contributed by atoms with Gasteiger partial charge < -0.3 is 20.2 Å². The highest BCUT2D eigenvalue weighted by molar-refractivity contribution is 6.01. The molecule has 1 aromatic heterocycles. The molecule has 4 rings (SSSR count). The van der Waals surface area contributed by atoms with Gasteiger partial charge >= 0.3 is 5.97 Å². The van der Waals surface area contributed by atoms with Crippen LogP contribution in [0.4, 0.5) is 6.01 Å². The normalized spacial score (nSPS) is 29.6. The van der Waals surface area contributed by atoms with Crippen LogP contribution in [0.25, 0.3) is 11.1 Å². The number of methoxy groups -OCH3 is 1. The van der Waals surface area contributed by atoms with Gasteiger partial charge in [-0.3, -0.25) is 4.90 Å². The maximum Gasteiger partial charge on any atom is 0.340 e. The molecule has 2 bridgehead atoms. The van der Waals surface area contributed by atoms with Gasteiger partial charge in [0.05, 0.1) is 18.3 Å². The lowest BCUT2D eigenvalue weighted by Gasteiger charge is -2.54. The summed E-state index contributed by atoms with van der Waals surface area (Å²) < 4.78 is 10.7. The molecule has 3 unspecified atom stereocenters. The summed E-state index contributed by atoms with van der Waals surface area (Å²) in [5, 5.41) is 3.50. The van der Waals surface area contributed by atoms with Crippen molar-refractivity contribution in [3.8, 4) is 0 Å². The van der Waals surface area contributed by atoms with E-state index in [1.54, 1.807) is 18.2 Å². The fourth-order valence-electron chi connectivity index (χ4n) is 4.42. The Labute approximate surface area is 146 Å². The molecule has 0 aliphatic carbocycles. The Balaban J connectivity index is 1.69. The van der Waals surface area contributed by atoms with E-state index in [2.05, 4.69) is 22.2 Å². The van der Waals surface area contributed by atoms with Crippen molar-refractivity contribution in [2.45, 2.75) is 49.9 Å². The first-order valence-electron chi connectivity index (χ1n) is 8.77. The van der Waals surface area contributed by atoms with Crippen LogP contribution in [-0.4, -0.2) is 47.8 Å². The molecule has 2 aliphatic rings. The Hall–Kier alpha value is -2.12. The number of hydrogen-bond acceptors (Lipinski definition) is 7. The van der Waals surface area contributed by atoms with E-state index in [9.17, 15) is 4.79 Å². The standard InChI is InChI=1S/C18H24N4O3/c1-22-12-5-4-8-18(22,10-11(19)9-12)21-17-20-15-13(16(23)24-2)6-3-7-14(15)25-17/h3,6-7,11-12H,4-5,8-10,19H2,1-2H3,(H,20,21). The summed E-state index contributed by atoms with van der Waals surface area (Å²) in [7, 11) is 3.51. The van der Waals surface area contributed by atoms with Crippen LogP contribution < -0.4 is 11.1 Å². The first-order chi connectivity index (χ1) is 12.0. The molecule has 3 heterocycles. The zero-order chi connectivity index (χ0) is 17.6. The van der Waals surface area contributed by atoms with E-state index < -0.39 is 5.97 Å². The second-order valence-electron chi connectivity index (χ2n) is 7.18. The van der Waals surface area contributed by atoms with Crippen LogP contribution in [0.3, 0.4) is 0 Å². The van der Waals surface area contributed by atoms with Crippen molar-refractivity contribution in [3.63, 3.8) is 0 Å². The lowest BCUT2D eigenvalue weighted by Crippen LogP contribution is -2.65. The monoisotopic (exact) mass is 344 g/mol. The van der Waals surface area contributed by atoms with Gasteiger partial charge in [-0.2, -0.15) is 4.98 Å². The number of carbonyl (C=O) groups is 1. The van der Waals surface area contributed by atoms with E-state index >= 15 is 0 Å². The van der Waals surface area contributed by atoms with Gasteiger partial charge in [-0.1, -0.05) is 6.07 Å². The summed E-state index contributed by atoms with van der Waals surface area (Å²) in [6.07, 6.45) is 5.20. The van der Waals surface area contributed by atoms with Crippen molar-refractivity contribution in [3.05, 3.63) is 23.8 Å². The maximum absolute atomic E-state index is 11.9. The molecule has 7 nitrogen and oxygen atoms in total. The largest absolute Gasteiger partial charge is 0.465 e. The number of piperidine rings is 2. The van der Waals surface area contributed by atoms with Crippen molar-refractivity contribution in [1.82, 2.24) is 9.88 Å². The van der Waals surface area contributed by atoms with E-state index in [1.165, 1.54) is 13.5 Å². The molecule has 0 amide bonds. The Morgan fingerprint density at radius 3 is 3.16 bits per heavy atom. The summed E-state index contributed by atoms with van der Waals surface area (Å²) in [5.41, 5.74) is 7.55. The molecule has 25 heavy (non-hydrogen) atoms. The summed E-state index contributed by atoms with van der Waals surface area (Å²) in [4.78, 5) is 18.9. The molecular formula is C18H24N4O3. The smallest absolute Gasteiger partial charge is 0.340 e. The number of oxazole rings is 1. The minimum atomic E-state index is -0.418. The first-order valence-corrected chi connectivity index (χ1v) is 8.77. The van der Waals surface area contributed by atoms with Gasteiger partial charge in [-0.25, -0.2) is 4.79 Å². The maximum atomic E-state index is 11.9. The molecule has 0 spiro atoms. The lowest BCUT2D eigenvalue weighted by atomic mass is 9.78. The molecule has 3 N–H and O–H groups in total. The molecular weight excluding hydrogens is 320 g/mol. The van der Waals surface area contributed by atoms with E-state index in [0.29, 0.717) is 28.7 Å². The SMILES string of the molecule is COC(=O)c1cccc2oc(NC34CCCC(CC(N)C3)N4C)nc12. The molecule has 134 valence electrons. The molecule has 2 fully saturated rings. The summed E-state index contributed by atoms with van der Waals surface area (Å²) in [5.74, 6) is -0.418. The number of benzene rings is 1. The highest BCUT2D eigenvalue weighted by Gasteiger charge is 2.47. The van der Waals surface area contributed by atoms with Crippen molar-refractivity contribution in [2.24, 2.45) is 5.73 Å².